The highest BCUT2D eigenvalue weighted by molar-refractivity contribution is 6.02. The fourth-order valence-electron chi connectivity index (χ4n) is 4.20. The number of pyridine rings is 2. The third-order valence-corrected chi connectivity index (χ3v) is 5.96. The van der Waals surface area contributed by atoms with E-state index in [2.05, 4.69) is 30.0 Å². The zero-order chi connectivity index (χ0) is 24.6. The summed E-state index contributed by atoms with van der Waals surface area (Å²) in [4.78, 5) is 35.7. The topological polar surface area (TPSA) is 135 Å². The monoisotopic (exact) mass is 477 g/mol. The molecule has 0 saturated heterocycles. The van der Waals surface area contributed by atoms with Crippen molar-refractivity contribution in [1.82, 2.24) is 29.6 Å². The van der Waals surface area contributed by atoms with Crippen molar-refractivity contribution in [3.05, 3.63) is 53.1 Å². The standard InChI is InChI=1S/C24H27N7O4/c1-24(2,34)14-35-23(33)30-10-8-15-12-25-18(11-16(15)13-30)22(32)27-19-6-3-5-17(26-19)21-29-28-20-7-4-9-31(20)21/h3,5-6,11-12,34H,4,7-10,13-14H2,1-2H3,(H,26,27,32). The first-order valence-electron chi connectivity index (χ1n) is 11.6. The molecule has 2 N–H and O–H groups in total. The summed E-state index contributed by atoms with van der Waals surface area (Å²) in [5, 5.41) is 21.1. The number of rotatable bonds is 5. The number of carbonyl (C=O) groups is 2. The van der Waals surface area contributed by atoms with Gasteiger partial charge in [0.2, 0.25) is 0 Å². The Balaban J connectivity index is 1.28. The number of anilines is 1. The Kier molecular flexibility index (Phi) is 5.93. The molecule has 11 nitrogen and oxygen atoms in total. The summed E-state index contributed by atoms with van der Waals surface area (Å²) in [6.45, 7) is 4.69. The fraction of sp³-hybridized carbons (Fsp3) is 0.417. The third-order valence-electron chi connectivity index (χ3n) is 5.96. The van der Waals surface area contributed by atoms with Crippen molar-refractivity contribution < 1.29 is 19.4 Å². The Labute approximate surface area is 202 Å². The minimum Gasteiger partial charge on any atom is -0.446 e. The van der Waals surface area contributed by atoms with Crippen molar-refractivity contribution in [1.29, 1.82) is 0 Å². The summed E-state index contributed by atoms with van der Waals surface area (Å²) in [7, 11) is 0. The zero-order valence-corrected chi connectivity index (χ0v) is 19.7. The van der Waals surface area contributed by atoms with Gasteiger partial charge in [-0.05, 0) is 56.0 Å². The van der Waals surface area contributed by atoms with E-state index < -0.39 is 17.6 Å². The quantitative estimate of drug-likeness (QED) is 0.571. The molecule has 182 valence electrons. The fourth-order valence-corrected chi connectivity index (χ4v) is 4.20. The molecule has 3 aromatic rings. The molecule has 35 heavy (non-hydrogen) atoms. The normalized spacial score (nSPS) is 14.9. The lowest BCUT2D eigenvalue weighted by molar-refractivity contribution is -0.00487. The molecule has 0 saturated carbocycles. The van der Waals surface area contributed by atoms with E-state index in [-0.39, 0.29) is 12.3 Å². The number of ether oxygens (including phenoxy) is 1. The first kappa shape index (κ1) is 22.9. The molecule has 0 aromatic carbocycles. The average molecular weight is 478 g/mol. The van der Waals surface area contributed by atoms with Gasteiger partial charge in [-0.25, -0.2) is 9.78 Å². The maximum atomic E-state index is 12.9. The van der Waals surface area contributed by atoms with E-state index in [4.69, 9.17) is 4.74 Å². The number of aryl methyl sites for hydroxylation is 1. The lowest BCUT2D eigenvalue weighted by atomic mass is 10.0. The number of fused-ring (bicyclic) bond motifs is 2. The van der Waals surface area contributed by atoms with Gasteiger partial charge in [0.15, 0.2) is 5.82 Å². The highest BCUT2D eigenvalue weighted by Gasteiger charge is 2.25. The molecule has 0 spiro atoms. The van der Waals surface area contributed by atoms with Crippen LogP contribution in [0.2, 0.25) is 0 Å². The van der Waals surface area contributed by atoms with Gasteiger partial charge < -0.3 is 24.6 Å². The van der Waals surface area contributed by atoms with Crippen molar-refractivity contribution >= 4 is 17.8 Å². The molecular formula is C24H27N7O4. The van der Waals surface area contributed by atoms with Gasteiger partial charge in [-0.3, -0.25) is 9.78 Å². The van der Waals surface area contributed by atoms with Crippen LogP contribution in [0.15, 0.2) is 30.5 Å². The van der Waals surface area contributed by atoms with Gasteiger partial charge in [0, 0.05) is 32.3 Å². The summed E-state index contributed by atoms with van der Waals surface area (Å²) in [6, 6.07) is 7.05. The predicted molar refractivity (Wildman–Crippen MR) is 126 cm³/mol. The zero-order valence-electron chi connectivity index (χ0n) is 19.7. The second-order valence-corrected chi connectivity index (χ2v) is 9.43. The van der Waals surface area contributed by atoms with Crippen molar-refractivity contribution in [3.63, 3.8) is 0 Å². The van der Waals surface area contributed by atoms with Gasteiger partial charge in [-0.15, -0.1) is 10.2 Å². The number of hydrogen-bond acceptors (Lipinski definition) is 8. The van der Waals surface area contributed by atoms with E-state index in [0.29, 0.717) is 36.8 Å². The molecule has 3 aromatic heterocycles. The summed E-state index contributed by atoms with van der Waals surface area (Å²) in [5.41, 5.74) is 1.58. The molecule has 2 aliphatic rings. The highest BCUT2D eigenvalue weighted by atomic mass is 16.6. The lowest BCUT2D eigenvalue weighted by Gasteiger charge is -2.29. The highest BCUT2D eigenvalue weighted by Crippen LogP contribution is 2.24. The molecule has 0 bridgehead atoms. The van der Waals surface area contributed by atoms with Crippen molar-refractivity contribution in [2.24, 2.45) is 0 Å². The molecule has 0 aliphatic carbocycles. The van der Waals surface area contributed by atoms with Crippen LogP contribution in [0.1, 0.15) is 47.7 Å². The van der Waals surface area contributed by atoms with Crippen LogP contribution in [0.3, 0.4) is 0 Å². The summed E-state index contributed by atoms with van der Waals surface area (Å²) >= 11 is 0. The Morgan fingerprint density at radius 1 is 1.17 bits per heavy atom. The third kappa shape index (κ3) is 4.99. The van der Waals surface area contributed by atoms with Gasteiger partial charge >= 0.3 is 6.09 Å². The SMILES string of the molecule is CC(C)(O)COC(=O)N1CCc2cnc(C(=O)Nc3cccc(-c4nnc5n4CCC5)n3)cc2C1. The van der Waals surface area contributed by atoms with Gasteiger partial charge in [0.1, 0.15) is 29.6 Å². The molecule has 2 aliphatic heterocycles. The van der Waals surface area contributed by atoms with Gasteiger partial charge in [0.25, 0.3) is 5.91 Å². The van der Waals surface area contributed by atoms with Crippen molar-refractivity contribution in [2.45, 2.75) is 51.8 Å². The van der Waals surface area contributed by atoms with Crippen LogP contribution in [-0.2, 0) is 30.7 Å². The predicted octanol–water partition coefficient (Wildman–Crippen LogP) is 2.20. The molecule has 11 heteroatoms. The maximum absolute atomic E-state index is 12.9. The van der Waals surface area contributed by atoms with Crippen LogP contribution in [0.25, 0.3) is 11.5 Å². The lowest BCUT2D eigenvalue weighted by Crippen LogP contribution is -2.39. The van der Waals surface area contributed by atoms with Crippen molar-refractivity contribution in [2.75, 3.05) is 18.5 Å². The van der Waals surface area contributed by atoms with E-state index in [1.165, 1.54) is 0 Å². The average Bonchev–Trinajstić information content (AvgIpc) is 3.46. The molecule has 2 amide bonds. The van der Waals surface area contributed by atoms with Crippen LogP contribution >= 0.6 is 0 Å². The minimum absolute atomic E-state index is 0.0944. The second-order valence-electron chi connectivity index (χ2n) is 9.43. The minimum atomic E-state index is -1.10. The van der Waals surface area contributed by atoms with E-state index in [1.54, 1.807) is 37.1 Å². The number of nitrogens with zero attached hydrogens (tertiary/aromatic N) is 6. The molecule has 0 radical (unpaired) electrons. The second kappa shape index (κ2) is 9.06. The Hall–Kier alpha value is -3.86. The van der Waals surface area contributed by atoms with Gasteiger partial charge in [-0.2, -0.15) is 0 Å². The number of aliphatic hydroxyl groups is 1. The van der Waals surface area contributed by atoms with E-state index in [9.17, 15) is 14.7 Å². The molecule has 5 heterocycles. The van der Waals surface area contributed by atoms with Crippen LogP contribution in [0.4, 0.5) is 10.6 Å². The summed E-state index contributed by atoms with van der Waals surface area (Å²) in [6.07, 6.45) is 3.72. The molecule has 5 rings (SSSR count). The number of hydrogen-bond donors (Lipinski definition) is 2. The van der Waals surface area contributed by atoms with Crippen LogP contribution in [0, 0.1) is 0 Å². The molecule has 0 fully saturated rings. The first-order chi connectivity index (χ1) is 16.8. The van der Waals surface area contributed by atoms with Crippen LogP contribution < -0.4 is 5.32 Å². The van der Waals surface area contributed by atoms with Crippen LogP contribution in [0.5, 0.6) is 0 Å². The maximum Gasteiger partial charge on any atom is 0.410 e. The Bertz CT molecular complexity index is 1280. The largest absolute Gasteiger partial charge is 0.446 e. The van der Waals surface area contributed by atoms with E-state index >= 15 is 0 Å². The number of amides is 2. The number of carbonyl (C=O) groups excluding carboxylic acids is 2. The van der Waals surface area contributed by atoms with E-state index in [1.807, 2.05) is 12.1 Å². The van der Waals surface area contributed by atoms with Crippen molar-refractivity contribution in [3.8, 4) is 11.5 Å². The number of nitrogens with one attached hydrogen (secondary N) is 1. The van der Waals surface area contributed by atoms with Gasteiger partial charge in [-0.1, -0.05) is 6.07 Å². The Morgan fingerprint density at radius 2 is 2.03 bits per heavy atom. The summed E-state index contributed by atoms with van der Waals surface area (Å²) in [5.74, 6) is 1.63. The molecular weight excluding hydrogens is 450 g/mol. The molecule has 0 atom stereocenters. The first-order valence-corrected chi connectivity index (χ1v) is 11.6. The summed E-state index contributed by atoms with van der Waals surface area (Å²) < 4.78 is 7.26. The van der Waals surface area contributed by atoms with Crippen LogP contribution in [-0.4, -0.2) is 65.5 Å². The number of aromatic nitrogens is 5. The van der Waals surface area contributed by atoms with Gasteiger partial charge in [0.05, 0.1) is 5.60 Å². The van der Waals surface area contributed by atoms with E-state index in [0.717, 1.165) is 36.3 Å². The molecule has 0 unspecified atom stereocenters. The smallest absolute Gasteiger partial charge is 0.410 e. The Morgan fingerprint density at radius 3 is 2.86 bits per heavy atom.